The summed E-state index contributed by atoms with van der Waals surface area (Å²) in [5.74, 6) is 0.977. The van der Waals surface area contributed by atoms with Crippen molar-refractivity contribution in [2.75, 3.05) is 26.3 Å². The number of pyridine rings is 1. The molecule has 8 nitrogen and oxygen atoms in total. The van der Waals surface area contributed by atoms with Crippen LogP contribution in [0.4, 0.5) is 4.79 Å². The number of aromatic nitrogens is 1. The Balaban J connectivity index is 1.81. The first-order valence-corrected chi connectivity index (χ1v) is 8.68. The lowest BCUT2D eigenvalue weighted by Gasteiger charge is -2.31. The van der Waals surface area contributed by atoms with Crippen LogP contribution < -0.4 is 15.8 Å². The van der Waals surface area contributed by atoms with E-state index in [2.05, 4.69) is 15.3 Å². The second-order valence-corrected chi connectivity index (χ2v) is 5.71. The molecule has 1 saturated heterocycles. The number of nitrogens with two attached hydrogens (primary N) is 1. The molecule has 138 valence electrons. The summed E-state index contributed by atoms with van der Waals surface area (Å²) in [4.78, 5) is 22.0. The molecule has 2 heterocycles. The van der Waals surface area contributed by atoms with E-state index in [1.165, 1.54) is 0 Å². The van der Waals surface area contributed by atoms with Crippen LogP contribution in [0.25, 0.3) is 0 Å². The van der Waals surface area contributed by atoms with Gasteiger partial charge in [0.1, 0.15) is 0 Å². The van der Waals surface area contributed by atoms with Crippen LogP contribution in [0.1, 0.15) is 32.3 Å². The van der Waals surface area contributed by atoms with Crippen LogP contribution in [0.3, 0.4) is 0 Å². The van der Waals surface area contributed by atoms with Crippen LogP contribution in [0, 0.1) is 0 Å². The third kappa shape index (κ3) is 5.81. The number of guanidine groups is 1. The Morgan fingerprint density at radius 2 is 2.16 bits per heavy atom. The van der Waals surface area contributed by atoms with E-state index in [0.717, 1.165) is 18.4 Å². The highest BCUT2D eigenvalue weighted by Crippen LogP contribution is 2.15. The summed E-state index contributed by atoms with van der Waals surface area (Å²) < 4.78 is 10.5. The molecule has 25 heavy (non-hydrogen) atoms. The van der Waals surface area contributed by atoms with Crippen LogP contribution in [-0.2, 0) is 11.3 Å². The monoisotopic (exact) mass is 349 g/mol. The quantitative estimate of drug-likeness (QED) is 0.596. The fourth-order valence-electron chi connectivity index (χ4n) is 2.66. The molecule has 3 N–H and O–H groups in total. The highest BCUT2D eigenvalue weighted by molar-refractivity contribution is 5.78. The molecule has 1 fully saturated rings. The van der Waals surface area contributed by atoms with E-state index < -0.39 is 0 Å². The van der Waals surface area contributed by atoms with Crippen molar-refractivity contribution in [1.29, 1.82) is 0 Å². The molecular weight excluding hydrogens is 322 g/mol. The molecule has 0 spiro atoms. The largest absolute Gasteiger partial charge is 0.478 e. The average molecular weight is 349 g/mol. The second kappa shape index (κ2) is 9.71. The number of carbonyl (C=O) groups is 1. The van der Waals surface area contributed by atoms with Crippen molar-refractivity contribution in [3.05, 3.63) is 23.9 Å². The molecule has 0 radical (unpaired) electrons. The third-order valence-electron chi connectivity index (χ3n) is 3.92. The topological polar surface area (TPSA) is 102 Å². The van der Waals surface area contributed by atoms with Gasteiger partial charge in [-0.25, -0.2) is 14.8 Å². The first kappa shape index (κ1) is 18.8. The van der Waals surface area contributed by atoms with Crippen LogP contribution in [0.2, 0.25) is 0 Å². The number of nitrogens with zero attached hydrogens (tertiary/aromatic N) is 3. The number of likely N-dealkylation sites (tertiary alicyclic amines) is 1. The smallest absolute Gasteiger partial charge is 0.409 e. The molecule has 1 aliphatic heterocycles. The Kier molecular flexibility index (Phi) is 7.31. The van der Waals surface area contributed by atoms with Crippen LogP contribution in [-0.4, -0.2) is 54.3 Å². The molecule has 0 unspecified atom stereocenters. The first-order chi connectivity index (χ1) is 12.1. The summed E-state index contributed by atoms with van der Waals surface area (Å²) in [6.45, 7) is 6.39. The van der Waals surface area contributed by atoms with Gasteiger partial charge in [0.25, 0.3) is 0 Å². The Hall–Kier alpha value is -2.51. The van der Waals surface area contributed by atoms with Gasteiger partial charge in [0, 0.05) is 30.9 Å². The maximum Gasteiger partial charge on any atom is 0.409 e. The minimum atomic E-state index is -0.248. The van der Waals surface area contributed by atoms with Gasteiger partial charge in [-0.3, -0.25) is 0 Å². The van der Waals surface area contributed by atoms with Gasteiger partial charge in [0.15, 0.2) is 5.96 Å². The zero-order valence-corrected chi connectivity index (χ0v) is 14.9. The predicted molar refractivity (Wildman–Crippen MR) is 95.5 cm³/mol. The average Bonchev–Trinajstić information content (AvgIpc) is 2.62. The van der Waals surface area contributed by atoms with E-state index in [-0.39, 0.29) is 12.1 Å². The van der Waals surface area contributed by atoms with E-state index in [1.54, 1.807) is 11.1 Å². The molecule has 0 aliphatic carbocycles. The number of hydrogen-bond acceptors (Lipinski definition) is 5. The first-order valence-electron chi connectivity index (χ1n) is 8.68. The fraction of sp³-hybridized carbons (Fsp3) is 0.588. The van der Waals surface area contributed by atoms with Crippen LogP contribution in [0.15, 0.2) is 23.3 Å². The Bertz CT molecular complexity index is 585. The standard InChI is InChI=1S/C17H27N5O3/c1-3-24-15-13(6-5-9-19-15)12-20-16(18)21-14-7-10-22(11-8-14)17(23)25-4-2/h5-6,9,14H,3-4,7-8,10-12H2,1-2H3,(H3,18,20,21). The van der Waals surface area contributed by atoms with Gasteiger partial charge in [-0.2, -0.15) is 0 Å². The van der Waals surface area contributed by atoms with E-state index in [0.29, 0.717) is 44.7 Å². The fourth-order valence-corrected chi connectivity index (χ4v) is 2.66. The van der Waals surface area contributed by atoms with Crippen molar-refractivity contribution in [3.8, 4) is 5.88 Å². The maximum atomic E-state index is 11.7. The number of nitrogens with one attached hydrogen (secondary N) is 1. The Morgan fingerprint density at radius 3 is 2.84 bits per heavy atom. The minimum Gasteiger partial charge on any atom is -0.478 e. The van der Waals surface area contributed by atoms with E-state index in [4.69, 9.17) is 15.2 Å². The number of carbonyl (C=O) groups excluding carboxylic acids is 1. The number of piperidine rings is 1. The lowest BCUT2D eigenvalue weighted by Crippen LogP contribution is -2.48. The van der Waals surface area contributed by atoms with E-state index >= 15 is 0 Å². The number of hydrogen-bond donors (Lipinski definition) is 2. The highest BCUT2D eigenvalue weighted by Gasteiger charge is 2.23. The second-order valence-electron chi connectivity index (χ2n) is 5.71. The zero-order chi connectivity index (χ0) is 18.1. The number of aliphatic imine (C=N–C) groups is 1. The minimum absolute atomic E-state index is 0.203. The van der Waals surface area contributed by atoms with Gasteiger partial charge < -0.3 is 25.4 Å². The third-order valence-corrected chi connectivity index (χ3v) is 3.92. The van der Waals surface area contributed by atoms with Gasteiger partial charge >= 0.3 is 6.09 Å². The SMILES string of the molecule is CCOC(=O)N1CCC(NC(N)=NCc2cccnc2OCC)CC1. The molecule has 8 heteroatoms. The summed E-state index contributed by atoms with van der Waals surface area (Å²) in [6, 6.07) is 3.98. The molecule has 0 aromatic carbocycles. The molecule has 0 bridgehead atoms. The summed E-state index contributed by atoms with van der Waals surface area (Å²) in [5, 5.41) is 3.22. The van der Waals surface area contributed by atoms with Crippen LogP contribution in [0.5, 0.6) is 5.88 Å². The predicted octanol–water partition coefficient (Wildman–Crippen LogP) is 1.51. The van der Waals surface area contributed by atoms with Gasteiger partial charge in [-0.15, -0.1) is 0 Å². The summed E-state index contributed by atoms with van der Waals surface area (Å²) >= 11 is 0. The van der Waals surface area contributed by atoms with Gasteiger partial charge in [0.05, 0.1) is 19.8 Å². The van der Waals surface area contributed by atoms with Crippen molar-refractivity contribution in [3.63, 3.8) is 0 Å². The van der Waals surface area contributed by atoms with Crippen LogP contribution >= 0.6 is 0 Å². The lowest BCUT2D eigenvalue weighted by atomic mass is 10.1. The Labute approximate surface area is 148 Å². The highest BCUT2D eigenvalue weighted by atomic mass is 16.6. The normalized spacial score (nSPS) is 15.8. The summed E-state index contributed by atoms with van der Waals surface area (Å²) in [7, 11) is 0. The van der Waals surface area contributed by atoms with Crippen molar-refractivity contribution in [1.82, 2.24) is 15.2 Å². The van der Waals surface area contributed by atoms with E-state index in [1.807, 2.05) is 26.0 Å². The maximum absolute atomic E-state index is 11.7. The molecule has 0 saturated carbocycles. The molecule has 1 aromatic rings. The Morgan fingerprint density at radius 1 is 1.40 bits per heavy atom. The lowest BCUT2D eigenvalue weighted by molar-refractivity contribution is 0.0963. The number of ether oxygens (including phenoxy) is 2. The molecule has 1 aliphatic rings. The molecule has 1 amide bonds. The molecule has 0 atom stereocenters. The molecule has 2 rings (SSSR count). The number of amides is 1. The van der Waals surface area contributed by atoms with Crippen molar-refractivity contribution >= 4 is 12.1 Å². The van der Waals surface area contributed by atoms with Crippen molar-refractivity contribution < 1.29 is 14.3 Å². The molecule has 1 aromatic heterocycles. The summed E-state index contributed by atoms with van der Waals surface area (Å²) in [5.41, 5.74) is 6.89. The van der Waals surface area contributed by atoms with Crippen molar-refractivity contribution in [2.45, 2.75) is 39.3 Å². The van der Waals surface area contributed by atoms with Gasteiger partial charge in [-0.05, 0) is 32.8 Å². The van der Waals surface area contributed by atoms with Crippen molar-refractivity contribution in [2.24, 2.45) is 10.7 Å². The number of rotatable bonds is 6. The zero-order valence-electron chi connectivity index (χ0n) is 14.9. The molecular formula is C17H27N5O3. The van der Waals surface area contributed by atoms with Gasteiger partial charge in [-0.1, -0.05) is 6.07 Å². The van der Waals surface area contributed by atoms with Gasteiger partial charge in [0.2, 0.25) is 5.88 Å². The summed E-state index contributed by atoms with van der Waals surface area (Å²) in [6.07, 6.45) is 3.07. The van der Waals surface area contributed by atoms with E-state index in [9.17, 15) is 4.79 Å².